The number of halogens is 1. The van der Waals surface area contributed by atoms with E-state index in [-0.39, 0.29) is 23.1 Å². The maximum Gasteiger partial charge on any atom is 0.264 e. The van der Waals surface area contributed by atoms with Crippen LogP contribution in [0, 0.1) is 11.3 Å². The molecule has 2 fully saturated rings. The van der Waals surface area contributed by atoms with Crippen LogP contribution in [0.15, 0.2) is 12.1 Å². The minimum Gasteiger partial charge on any atom is -0.381 e. The normalized spacial score (nSPS) is 23.3. The molecule has 3 heterocycles. The summed E-state index contributed by atoms with van der Waals surface area (Å²) in [5.41, 5.74) is -0.156. The zero-order valence-corrected chi connectivity index (χ0v) is 15.0. The van der Waals surface area contributed by atoms with Crippen molar-refractivity contribution in [1.29, 1.82) is 0 Å². The van der Waals surface area contributed by atoms with Crippen LogP contribution in [0.25, 0.3) is 0 Å². The van der Waals surface area contributed by atoms with E-state index in [4.69, 9.17) is 16.3 Å². The molecule has 5 nitrogen and oxygen atoms in total. The van der Waals surface area contributed by atoms with Gasteiger partial charge in [-0.3, -0.25) is 9.59 Å². The molecule has 2 saturated heterocycles. The van der Waals surface area contributed by atoms with Crippen LogP contribution >= 0.6 is 22.9 Å². The second-order valence-corrected chi connectivity index (χ2v) is 8.26. The molecule has 0 N–H and O–H groups in total. The summed E-state index contributed by atoms with van der Waals surface area (Å²) in [6.07, 6.45) is 1.65. The van der Waals surface area contributed by atoms with Crippen molar-refractivity contribution in [2.75, 3.05) is 40.4 Å². The van der Waals surface area contributed by atoms with E-state index in [9.17, 15) is 9.59 Å². The number of hydrogen-bond acceptors (Lipinski definition) is 4. The summed E-state index contributed by atoms with van der Waals surface area (Å²) in [5.74, 6) is -0.0750. The van der Waals surface area contributed by atoms with Crippen molar-refractivity contribution < 1.29 is 14.3 Å². The van der Waals surface area contributed by atoms with E-state index in [1.54, 1.807) is 31.1 Å². The number of nitrogens with zero attached hydrogens (tertiary/aromatic N) is 2. The van der Waals surface area contributed by atoms with E-state index >= 15 is 0 Å². The maximum atomic E-state index is 12.7. The van der Waals surface area contributed by atoms with Crippen molar-refractivity contribution in [3.63, 3.8) is 0 Å². The molecule has 0 radical (unpaired) electrons. The Hall–Kier alpha value is -1.11. The van der Waals surface area contributed by atoms with Crippen LogP contribution < -0.4 is 0 Å². The van der Waals surface area contributed by atoms with Gasteiger partial charge < -0.3 is 14.5 Å². The number of ether oxygens (including phenoxy) is 1. The average molecular weight is 357 g/mol. The Labute approximate surface area is 145 Å². The predicted molar refractivity (Wildman–Crippen MR) is 89.9 cm³/mol. The van der Waals surface area contributed by atoms with Gasteiger partial charge in [-0.05, 0) is 25.0 Å². The Morgan fingerprint density at radius 2 is 2.04 bits per heavy atom. The molecule has 1 unspecified atom stereocenters. The number of hydrogen-bond donors (Lipinski definition) is 0. The molecule has 1 spiro atoms. The molecule has 3 rings (SSSR count). The molecule has 23 heavy (non-hydrogen) atoms. The SMILES string of the molecule is CN(C)C(=O)C1CN(C(=O)c2ccc(Cl)s2)CC12CCOCC2. The van der Waals surface area contributed by atoms with Crippen LogP contribution in [-0.4, -0.2) is 62.0 Å². The van der Waals surface area contributed by atoms with Crippen molar-refractivity contribution in [2.24, 2.45) is 11.3 Å². The van der Waals surface area contributed by atoms with Gasteiger partial charge in [0.05, 0.1) is 15.1 Å². The van der Waals surface area contributed by atoms with Gasteiger partial charge >= 0.3 is 0 Å². The molecule has 0 aliphatic carbocycles. The van der Waals surface area contributed by atoms with Gasteiger partial charge in [0.2, 0.25) is 5.91 Å². The summed E-state index contributed by atoms with van der Waals surface area (Å²) in [4.78, 5) is 29.5. The molecule has 1 aromatic rings. The van der Waals surface area contributed by atoms with Crippen molar-refractivity contribution >= 4 is 34.8 Å². The van der Waals surface area contributed by atoms with Crippen LogP contribution in [0.4, 0.5) is 0 Å². The van der Waals surface area contributed by atoms with E-state index in [1.165, 1.54) is 11.3 Å². The summed E-state index contributed by atoms with van der Waals surface area (Å²) in [7, 11) is 3.55. The standard InChI is InChI=1S/C16H21ClN2O3S/c1-18(2)14(20)11-9-19(10-16(11)5-7-22-8-6-16)15(21)12-3-4-13(17)23-12/h3-4,11H,5-10H2,1-2H3. The highest BCUT2D eigenvalue weighted by atomic mass is 35.5. The van der Waals surface area contributed by atoms with E-state index in [1.807, 2.05) is 4.90 Å². The van der Waals surface area contributed by atoms with Gasteiger partial charge in [0.1, 0.15) is 0 Å². The van der Waals surface area contributed by atoms with Gasteiger partial charge in [0.15, 0.2) is 0 Å². The van der Waals surface area contributed by atoms with Gasteiger partial charge in [-0.2, -0.15) is 0 Å². The minimum absolute atomic E-state index is 0.0261. The lowest BCUT2D eigenvalue weighted by molar-refractivity contribution is -0.138. The molecule has 126 valence electrons. The third-order valence-electron chi connectivity index (χ3n) is 4.95. The molecule has 0 bridgehead atoms. The molecule has 2 aliphatic rings. The van der Waals surface area contributed by atoms with Gasteiger partial charge in [-0.15, -0.1) is 11.3 Å². The summed E-state index contributed by atoms with van der Waals surface area (Å²) in [6, 6.07) is 3.50. The zero-order chi connectivity index (χ0) is 16.6. The average Bonchev–Trinajstić information content (AvgIpc) is 3.11. The Kier molecular flexibility index (Phi) is 4.67. The van der Waals surface area contributed by atoms with Crippen LogP contribution in [0.3, 0.4) is 0 Å². The fourth-order valence-electron chi connectivity index (χ4n) is 3.64. The Bertz CT molecular complexity index is 610. The van der Waals surface area contributed by atoms with Gasteiger partial charge in [0.25, 0.3) is 5.91 Å². The number of rotatable bonds is 2. The van der Waals surface area contributed by atoms with Crippen LogP contribution in [0.2, 0.25) is 4.34 Å². The van der Waals surface area contributed by atoms with Crippen LogP contribution in [0.1, 0.15) is 22.5 Å². The maximum absolute atomic E-state index is 12.7. The number of thiophene rings is 1. The van der Waals surface area contributed by atoms with E-state index < -0.39 is 0 Å². The highest BCUT2D eigenvalue weighted by Gasteiger charge is 2.52. The molecule has 2 amide bonds. The van der Waals surface area contributed by atoms with Gasteiger partial charge in [-0.1, -0.05) is 11.6 Å². The summed E-state index contributed by atoms with van der Waals surface area (Å²) in [6.45, 7) is 2.41. The monoisotopic (exact) mass is 356 g/mol. The summed E-state index contributed by atoms with van der Waals surface area (Å²) < 4.78 is 6.09. The van der Waals surface area contributed by atoms with Crippen molar-refractivity contribution in [3.8, 4) is 0 Å². The second kappa shape index (κ2) is 6.42. The first-order valence-electron chi connectivity index (χ1n) is 7.76. The molecule has 2 aliphatic heterocycles. The van der Waals surface area contributed by atoms with Crippen molar-refractivity contribution in [1.82, 2.24) is 9.80 Å². The topological polar surface area (TPSA) is 49.9 Å². The third kappa shape index (κ3) is 3.12. The lowest BCUT2D eigenvalue weighted by atomic mass is 9.71. The first kappa shape index (κ1) is 16.7. The first-order valence-corrected chi connectivity index (χ1v) is 8.96. The minimum atomic E-state index is -0.156. The predicted octanol–water partition coefficient (Wildman–Crippen LogP) is 2.36. The van der Waals surface area contributed by atoms with E-state index in [0.717, 1.165) is 12.8 Å². The third-order valence-corrected chi connectivity index (χ3v) is 6.17. The summed E-state index contributed by atoms with van der Waals surface area (Å²) in [5, 5.41) is 0. The Morgan fingerprint density at radius 3 is 2.61 bits per heavy atom. The molecule has 7 heteroatoms. The largest absolute Gasteiger partial charge is 0.381 e. The number of amides is 2. The van der Waals surface area contributed by atoms with Gasteiger partial charge in [-0.25, -0.2) is 0 Å². The molecule has 1 atom stereocenters. The van der Waals surface area contributed by atoms with E-state index in [2.05, 4.69) is 0 Å². The summed E-state index contributed by atoms with van der Waals surface area (Å²) >= 11 is 7.23. The zero-order valence-electron chi connectivity index (χ0n) is 13.4. The smallest absolute Gasteiger partial charge is 0.264 e. The quantitative estimate of drug-likeness (QED) is 0.817. The van der Waals surface area contributed by atoms with Crippen molar-refractivity contribution in [2.45, 2.75) is 12.8 Å². The first-order chi connectivity index (χ1) is 10.9. The molecule has 0 aromatic carbocycles. The Balaban J connectivity index is 1.85. The fourth-order valence-corrected chi connectivity index (χ4v) is 4.66. The van der Waals surface area contributed by atoms with Crippen molar-refractivity contribution in [3.05, 3.63) is 21.3 Å². The lowest BCUT2D eigenvalue weighted by Crippen LogP contribution is -2.44. The molecule has 0 saturated carbocycles. The highest BCUT2D eigenvalue weighted by molar-refractivity contribution is 7.17. The van der Waals surface area contributed by atoms with Crippen LogP contribution in [-0.2, 0) is 9.53 Å². The van der Waals surface area contributed by atoms with Gasteiger partial charge in [0, 0.05) is 45.8 Å². The number of likely N-dealkylation sites (tertiary alicyclic amines) is 1. The molecular weight excluding hydrogens is 336 g/mol. The fraction of sp³-hybridized carbons (Fsp3) is 0.625. The number of carbonyl (C=O) groups is 2. The molecule has 1 aromatic heterocycles. The Morgan fingerprint density at radius 1 is 1.35 bits per heavy atom. The highest BCUT2D eigenvalue weighted by Crippen LogP contribution is 2.45. The molecular formula is C16H21ClN2O3S. The lowest BCUT2D eigenvalue weighted by Gasteiger charge is -2.37. The number of carbonyl (C=O) groups excluding carboxylic acids is 2. The second-order valence-electron chi connectivity index (χ2n) is 6.55. The van der Waals surface area contributed by atoms with E-state index in [0.29, 0.717) is 35.5 Å². The van der Waals surface area contributed by atoms with Crippen LogP contribution in [0.5, 0.6) is 0 Å².